The first-order valence-corrected chi connectivity index (χ1v) is 10.8. The van der Waals surface area contributed by atoms with Crippen molar-refractivity contribution >= 4 is 38.5 Å². The highest BCUT2D eigenvalue weighted by Gasteiger charge is 2.41. The van der Waals surface area contributed by atoms with Gasteiger partial charge in [0.2, 0.25) is 5.43 Å². The standard InChI is InChI=1S/C26H25NO6/c1-14(28)32-13-26(2,30)22-11-18-20(33-22)12-21(31-4)23-24(18)27(3)19-10-16-8-6-5-7-15(16)9-17(19)25(23)29/h5-10,12,22,30H,11,13H2,1-4H3/t22-,26+/m1/s1. The smallest absolute Gasteiger partial charge is 0.302 e. The first kappa shape index (κ1) is 21.3. The van der Waals surface area contributed by atoms with Crippen molar-refractivity contribution in [1.29, 1.82) is 0 Å². The lowest BCUT2D eigenvalue weighted by Crippen LogP contribution is -2.46. The number of hydrogen-bond donors (Lipinski definition) is 1. The summed E-state index contributed by atoms with van der Waals surface area (Å²) < 4.78 is 18.7. The number of carbonyl (C=O) groups is 1. The molecule has 7 nitrogen and oxygen atoms in total. The number of carbonyl (C=O) groups excluding carboxylic acids is 1. The summed E-state index contributed by atoms with van der Waals surface area (Å²) in [6.45, 7) is 2.68. The van der Waals surface area contributed by atoms with Crippen LogP contribution in [0.3, 0.4) is 0 Å². The summed E-state index contributed by atoms with van der Waals surface area (Å²) in [7, 11) is 3.44. The molecule has 0 unspecified atom stereocenters. The lowest BCUT2D eigenvalue weighted by Gasteiger charge is -2.28. The first-order valence-electron chi connectivity index (χ1n) is 10.8. The molecular weight excluding hydrogens is 422 g/mol. The van der Waals surface area contributed by atoms with E-state index in [9.17, 15) is 14.7 Å². The van der Waals surface area contributed by atoms with Gasteiger partial charge in [0, 0.05) is 37.4 Å². The zero-order chi connectivity index (χ0) is 23.5. The van der Waals surface area contributed by atoms with Gasteiger partial charge < -0.3 is 23.9 Å². The summed E-state index contributed by atoms with van der Waals surface area (Å²) in [5.41, 5.74) is 0.808. The zero-order valence-corrected chi connectivity index (χ0v) is 19.0. The van der Waals surface area contributed by atoms with Crippen LogP contribution in [0.1, 0.15) is 19.4 Å². The number of ether oxygens (including phenoxy) is 3. The van der Waals surface area contributed by atoms with E-state index in [0.717, 1.165) is 21.9 Å². The Bertz CT molecular complexity index is 1500. The number of aliphatic hydroxyl groups is 1. The zero-order valence-electron chi connectivity index (χ0n) is 19.0. The monoisotopic (exact) mass is 447 g/mol. The summed E-state index contributed by atoms with van der Waals surface area (Å²) in [5, 5.41) is 14.1. The molecule has 33 heavy (non-hydrogen) atoms. The molecular formula is C26H25NO6. The Morgan fingerprint density at radius 2 is 1.94 bits per heavy atom. The van der Waals surface area contributed by atoms with Crippen molar-refractivity contribution in [3.63, 3.8) is 0 Å². The quantitative estimate of drug-likeness (QED) is 0.381. The van der Waals surface area contributed by atoms with E-state index in [2.05, 4.69) is 0 Å². The number of hydrogen-bond acceptors (Lipinski definition) is 6. The molecule has 0 saturated carbocycles. The molecule has 0 aliphatic carbocycles. The molecule has 3 aromatic carbocycles. The van der Waals surface area contributed by atoms with E-state index < -0.39 is 17.7 Å². The molecule has 5 rings (SSSR count). The van der Waals surface area contributed by atoms with Crippen LogP contribution in [-0.4, -0.2) is 41.1 Å². The van der Waals surface area contributed by atoms with Gasteiger partial charge in [0.1, 0.15) is 29.8 Å². The second kappa shape index (κ2) is 7.49. The van der Waals surface area contributed by atoms with E-state index in [0.29, 0.717) is 34.2 Å². The Hall–Kier alpha value is -3.58. The van der Waals surface area contributed by atoms with Crippen molar-refractivity contribution in [2.75, 3.05) is 13.7 Å². The Morgan fingerprint density at radius 1 is 1.24 bits per heavy atom. The molecule has 1 aliphatic rings. The lowest BCUT2D eigenvalue weighted by atomic mass is 9.94. The Balaban J connectivity index is 1.75. The molecule has 2 atom stereocenters. The van der Waals surface area contributed by atoms with E-state index in [1.807, 2.05) is 48.0 Å². The number of fused-ring (bicyclic) bond motifs is 5. The largest absolute Gasteiger partial charge is 0.496 e. The molecule has 0 bridgehead atoms. The van der Waals surface area contributed by atoms with E-state index in [-0.39, 0.29) is 12.0 Å². The number of aromatic nitrogens is 1. The van der Waals surface area contributed by atoms with Crippen LogP contribution in [0.15, 0.2) is 47.3 Å². The van der Waals surface area contributed by atoms with Crippen LogP contribution in [0.25, 0.3) is 32.6 Å². The summed E-state index contributed by atoms with van der Waals surface area (Å²) >= 11 is 0. The van der Waals surface area contributed by atoms with Crippen molar-refractivity contribution in [3.05, 3.63) is 58.3 Å². The number of pyridine rings is 1. The third-order valence-electron chi connectivity index (χ3n) is 6.50. The molecule has 4 aromatic rings. The van der Waals surface area contributed by atoms with Gasteiger partial charge >= 0.3 is 5.97 Å². The summed E-state index contributed by atoms with van der Waals surface area (Å²) in [4.78, 5) is 24.9. The average Bonchev–Trinajstić information content (AvgIpc) is 3.24. The minimum absolute atomic E-state index is 0.112. The summed E-state index contributed by atoms with van der Waals surface area (Å²) in [6, 6.07) is 13.6. The number of aryl methyl sites for hydroxylation is 1. The SMILES string of the molecule is COc1cc2c(c3c1c(=O)c1cc4ccccc4cc1n3C)C[C@H]([C@@](C)(O)COC(C)=O)O2. The van der Waals surface area contributed by atoms with Gasteiger partial charge in [0.15, 0.2) is 0 Å². The normalized spacial score (nSPS) is 17.1. The van der Waals surface area contributed by atoms with Crippen molar-refractivity contribution < 1.29 is 24.1 Å². The summed E-state index contributed by atoms with van der Waals surface area (Å²) in [6.07, 6.45) is -0.291. The third kappa shape index (κ3) is 3.31. The highest BCUT2D eigenvalue weighted by atomic mass is 16.6. The average molecular weight is 447 g/mol. The molecule has 7 heteroatoms. The van der Waals surface area contributed by atoms with Crippen LogP contribution >= 0.6 is 0 Å². The van der Waals surface area contributed by atoms with Crippen LogP contribution < -0.4 is 14.9 Å². The maximum absolute atomic E-state index is 13.7. The molecule has 0 saturated heterocycles. The topological polar surface area (TPSA) is 87.0 Å². The van der Waals surface area contributed by atoms with Crippen LogP contribution in [0.4, 0.5) is 0 Å². The van der Waals surface area contributed by atoms with Gasteiger partial charge in [0.25, 0.3) is 0 Å². The van der Waals surface area contributed by atoms with Gasteiger partial charge in [-0.1, -0.05) is 24.3 Å². The fourth-order valence-corrected chi connectivity index (χ4v) is 4.73. The van der Waals surface area contributed by atoms with Crippen molar-refractivity contribution in [2.24, 2.45) is 7.05 Å². The number of methoxy groups -OCH3 is 1. The van der Waals surface area contributed by atoms with Crippen molar-refractivity contribution in [2.45, 2.75) is 32.0 Å². The lowest BCUT2D eigenvalue weighted by molar-refractivity contribution is -0.153. The number of benzene rings is 3. The Morgan fingerprint density at radius 3 is 2.61 bits per heavy atom. The fourth-order valence-electron chi connectivity index (χ4n) is 4.73. The van der Waals surface area contributed by atoms with E-state index in [4.69, 9.17) is 14.2 Å². The van der Waals surface area contributed by atoms with Gasteiger partial charge in [-0.3, -0.25) is 9.59 Å². The number of esters is 1. The second-order valence-electron chi connectivity index (χ2n) is 8.83. The molecule has 170 valence electrons. The van der Waals surface area contributed by atoms with Gasteiger partial charge in [-0.25, -0.2) is 0 Å². The third-order valence-corrected chi connectivity index (χ3v) is 6.50. The molecule has 1 aliphatic heterocycles. The summed E-state index contributed by atoms with van der Waals surface area (Å²) in [5.74, 6) is 0.487. The second-order valence-corrected chi connectivity index (χ2v) is 8.83. The predicted molar refractivity (Wildman–Crippen MR) is 126 cm³/mol. The maximum atomic E-state index is 13.7. The highest BCUT2D eigenvalue weighted by molar-refractivity contribution is 6.04. The molecule has 0 fully saturated rings. The van der Waals surface area contributed by atoms with Gasteiger partial charge in [-0.2, -0.15) is 0 Å². The molecule has 2 heterocycles. The fraction of sp³-hybridized carbons (Fsp3) is 0.308. The van der Waals surface area contributed by atoms with E-state index in [1.54, 1.807) is 13.0 Å². The Kier molecular flexibility index (Phi) is 4.83. The number of nitrogens with zero attached hydrogens (tertiary/aromatic N) is 1. The van der Waals surface area contributed by atoms with Crippen molar-refractivity contribution in [1.82, 2.24) is 4.57 Å². The molecule has 0 spiro atoms. The predicted octanol–water partition coefficient (Wildman–Crippen LogP) is 3.47. The molecule has 0 radical (unpaired) electrons. The van der Waals surface area contributed by atoms with Gasteiger partial charge in [-0.05, 0) is 29.8 Å². The van der Waals surface area contributed by atoms with E-state index >= 15 is 0 Å². The van der Waals surface area contributed by atoms with Gasteiger partial charge in [-0.15, -0.1) is 0 Å². The minimum Gasteiger partial charge on any atom is -0.496 e. The molecule has 1 aromatic heterocycles. The molecule has 0 amide bonds. The maximum Gasteiger partial charge on any atom is 0.302 e. The highest BCUT2D eigenvalue weighted by Crippen LogP contribution is 2.42. The minimum atomic E-state index is -1.41. The van der Waals surface area contributed by atoms with E-state index in [1.165, 1.54) is 14.0 Å². The Labute approximate surface area is 190 Å². The van der Waals surface area contributed by atoms with Crippen LogP contribution in [0.5, 0.6) is 11.5 Å². The van der Waals surface area contributed by atoms with Crippen LogP contribution in [0.2, 0.25) is 0 Å². The first-order chi connectivity index (χ1) is 15.7. The van der Waals surface area contributed by atoms with Crippen LogP contribution in [0, 0.1) is 0 Å². The van der Waals surface area contributed by atoms with Crippen LogP contribution in [-0.2, 0) is 23.0 Å². The molecule has 1 N–H and O–H groups in total. The van der Waals surface area contributed by atoms with Gasteiger partial charge in [0.05, 0.1) is 23.5 Å². The number of rotatable bonds is 4. The van der Waals surface area contributed by atoms with Crippen molar-refractivity contribution in [3.8, 4) is 11.5 Å².